The van der Waals surface area contributed by atoms with Gasteiger partial charge in [0.05, 0.1) is 24.5 Å². The number of rotatable bonds is 6. The summed E-state index contributed by atoms with van der Waals surface area (Å²) < 4.78 is 11.2. The molecule has 0 atom stereocenters. The largest absolute Gasteiger partial charge is 0.444 e. The molecule has 2 N–H and O–H groups in total. The second-order valence-electron chi connectivity index (χ2n) is 7.30. The van der Waals surface area contributed by atoms with E-state index in [0.717, 1.165) is 22.5 Å². The summed E-state index contributed by atoms with van der Waals surface area (Å²) in [7, 11) is 1.72. The van der Waals surface area contributed by atoms with E-state index in [1.165, 1.54) is 11.1 Å². The molecule has 0 aliphatic heterocycles. The second-order valence-corrected chi connectivity index (χ2v) is 7.30. The monoisotopic (exact) mass is 415 g/mol. The van der Waals surface area contributed by atoms with Crippen molar-refractivity contribution in [3.63, 3.8) is 0 Å². The van der Waals surface area contributed by atoms with Gasteiger partial charge in [-0.25, -0.2) is 9.97 Å². The molecule has 2 aromatic carbocycles. The quantitative estimate of drug-likeness (QED) is 0.357. The predicted octanol–water partition coefficient (Wildman–Crippen LogP) is 4.48. The molecule has 0 aliphatic rings. The fourth-order valence-corrected chi connectivity index (χ4v) is 3.00. The van der Waals surface area contributed by atoms with Crippen molar-refractivity contribution >= 4 is 5.96 Å². The van der Waals surface area contributed by atoms with Gasteiger partial charge < -0.3 is 19.5 Å². The maximum atomic E-state index is 5.60. The number of nitrogens with one attached hydrogen (secondary N) is 2. The van der Waals surface area contributed by atoms with E-state index >= 15 is 0 Å². The average molecular weight is 415 g/mol. The number of benzene rings is 2. The third-order valence-corrected chi connectivity index (χ3v) is 4.80. The van der Waals surface area contributed by atoms with Gasteiger partial charge >= 0.3 is 0 Å². The van der Waals surface area contributed by atoms with Crippen LogP contribution in [0.15, 0.2) is 74.9 Å². The number of guanidine groups is 1. The topological polar surface area (TPSA) is 88.5 Å². The normalized spacial score (nSPS) is 10.7. The first-order valence-corrected chi connectivity index (χ1v) is 10.1. The number of aryl methyl sites for hydroxylation is 2. The molecule has 0 aliphatic carbocycles. The van der Waals surface area contributed by atoms with Crippen LogP contribution in [0.3, 0.4) is 0 Å². The van der Waals surface area contributed by atoms with E-state index < -0.39 is 0 Å². The Kier molecular flexibility index (Phi) is 6.12. The van der Waals surface area contributed by atoms with Gasteiger partial charge in [-0.3, -0.25) is 4.99 Å². The Bertz CT molecular complexity index is 1070. The standard InChI is InChI=1S/C24H25N5O2/c1-16-4-8-18(9-5-16)22-28-20(14-30-22)12-26-24(25-3)27-13-21-15-31-23(29-21)19-10-6-17(2)7-11-19/h4-11,14-15H,12-13H2,1-3H3,(H2,25,26,27). The molecule has 7 nitrogen and oxygen atoms in total. The maximum absolute atomic E-state index is 5.60. The molecule has 4 rings (SSSR count). The minimum atomic E-state index is 0.489. The van der Waals surface area contributed by atoms with Gasteiger partial charge in [0, 0.05) is 18.2 Å². The Morgan fingerprint density at radius 2 is 1.16 bits per heavy atom. The summed E-state index contributed by atoms with van der Waals surface area (Å²) in [6.07, 6.45) is 3.31. The van der Waals surface area contributed by atoms with Crippen LogP contribution in [0.2, 0.25) is 0 Å². The first-order valence-electron chi connectivity index (χ1n) is 10.1. The van der Waals surface area contributed by atoms with Gasteiger partial charge in [-0.05, 0) is 38.1 Å². The maximum Gasteiger partial charge on any atom is 0.226 e. The van der Waals surface area contributed by atoms with Crippen LogP contribution in [0.25, 0.3) is 22.9 Å². The molecule has 158 valence electrons. The Morgan fingerprint density at radius 3 is 1.55 bits per heavy atom. The summed E-state index contributed by atoms with van der Waals surface area (Å²) in [5.74, 6) is 1.84. The van der Waals surface area contributed by atoms with Crippen LogP contribution in [-0.4, -0.2) is 23.0 Å². The van der Waals surface area contributed by atoms with Crippen molar-refractivity contribution in [1.82, 2.24) is 20.6 Å². The third-order valence-electron chi connectivity index (χ3n) is 4.80. The molecule has 2 heterocycles. The van der Waals surface area contributed by atoms with Crippen LogP contribution in [0.4, 0.5) is 0 Å². The molecular formula is C24H25N5O2. The van der Waals surface area contributed by atoms with E-state index in [1.807, 2.05) is 48.5 Å². The van der Waals surface area contributed by atoms with Gasteiger partial charge in [0.25, 0.3) is 0 Å². The fraction of sp³-hybridized carbons (Fsp3) is 0.208. The summed E-state index contributed by atoms with van der Waals surface area (Å²) in [5, 5.41) is 6.47. The second kappa shape index (κ2) is 9.30. The minimum absolute atomic E-state index is 0.489. The van der Waals surface area contributed by atoms with E-state index in [2.05, 4.69) is 39.4 Å². The summed E-state index contributed by atoms with van der Waals surface area (Å²) in [6.45, 7) is 5.08. The summed E-state index contributed by atoms with van der Waals surface area (Å²) >= 11 is 0. The van der Waals surface area contributed by atoms with Crippen LogP contribution >= 0.6 is 0 Å². The van der Waals surface area contributed by atoms with Crippen LogP contribution < -0.4 is 10.6 Å². The number of hydrogen-bond acceptors (Lipinski definition) is 5. The molecule has 2 aromatic heterocycles. The molecule has 0 unspecified atom stereocenters. The molecule has 0 spiro atoms. The molecule has 31 heavy (non-hydrogen) atoms. The zero-order valence-corrected chi connectivity index (χ0v) is 17.8. The van der Waals surface area contributed by atoms with Gasteiger partial charge in [0.1, 0.15) is 12.5 Å². The number of hydrogen-bond donors (Lipinski definition) is 2. The SMILES string of the molecule is CN=C(NCc1coc(-c2ccc(C)cc2)n1)NCc1coc(-c2ccc(C)cc2)n1. The van der Waals surface area contributed by atoms with Gasteiger partial charge in [-0.1, -0.05) is 35.4 Å². The van der Waals surface area contributed by atoms with Crippen molar-refractivity contribution in [2.75, 3.05) is 7.05 Å². The first kappa shape index (κ1) is 20.4. The van der Waals surface area contributed by atoms with E-state index in [4.69, 9.17) is 8.83 Å². The molecule has 0 bridgehead atoms. The molecule has 0 fully saturated rings. The molecule has 7 heteroatoms. The van der Waals surface area contributed by atoms with Crippen molar-refractivity contribution in [2.45, 2.75) is 26.9 Å². The number of nitrogens with zero attached hydrogens (tertiary/aromatic N) is 3. The van der Waals surface area contributed by atoms with E-state index in [9.17, 15) is 0 Å². The number of aromatic nitrogens is 2. The average Bonchev–Trinajstić information content (AvgIpc) is 3.45. The van der Waals surface area contributed by atoms with E-state index in [0.29, 0.717) is 30.8 Å². The van der Waals surface area contributed by atoms with Crippen molar-refractivity contribution in [3.05, 3.63) is 83.6 Å². The smallest absolute Gasteiger partial charge is 0.226 e. The zero-order chi connectivity index (χ0) is 21.6. The lowest BCUT2D eigenvalue weighted by atomic mass is 10.1. The Labute approximate surface area is 181 Å². The molecule has 0 saturated carbocycles. The Hall–Kier alpha value is -3.87. The van der Waals surface area contributed by atoms with Gasteiger partial charge in [0.2, 0.25) is 11.8 Å². The van der Waals surface area contributed by atoms with E-state index in [1.54, 1.807) is 19.6 Å². The summed E-state index contributed by atoms with van der Waals surface area (Å²) in [6, 6.07) is 16.2. The molecular weight excluding hydrogens is 390 g/mol. The number of oxazole rings is 2. The van der Waals surface area contributed by atoms with Gasteiger partial charge in [-0.2, -0.15) is 0 Å². The lowest BCUT2D eigenvalue weighted by Crippen LogP contribution is -2.36. The van der Waals surface area contributed by atoms with Crippen molar-refractivity contribution in [3.8, 4) is 22.9 Å². The van der Waals surface area contributed by atoms with Gasteiger partial charge in [0.15, 0.2) is 5.96 Å². The summed E-state index contributed by atoms with van der Waals surface area (Å²) in [5.41, 5.74) is 5.89. The van der Waals surface area contributed by atoms with Crippen LogP contribution in [-0.2, 0) is 13.1 Å². The molecule has 0 amide bonds. The summed E-state index contributed by atoms with van der Waals surface area (Å²) in [4.78, 5) is 13.3. The van der Waals surface area contributed by atoms with Crippen molar-refractivity contribution in [2.24, 2.45) is 4.99 Å². The predicted molar refractivity (Wildman–Crippen MR) is 120 cm³/mol. The Balaban J connectivity index is 1.30. The lowest BCUT2D eigenvalue weighted by Gasteiger charge is -2.09. The van der Waals surface area contributed by atoms with Crippen molar-refractivity contribution in [1.29, 1.82) is 0 Å². The third kappa shape index (κ3) is 5.19. The van der Waals surface area contributed by atoms with Crippen LogP contribution in [0.1, 0.15) is 22.5 Å². The highest BCUT2D eigenvalue weighted by Crippen LogP contribution is 2.20. The highest BCUT2D eigenvalue weighted by Gasteiger charge is 2.09. The van der Waals surface area contributed by atoms with Crippen LogP contribution in [0.5, 0.6) is 0 Å². The van der Waals surface area contributed by atoms with Gasteiger partial charge in [-0.15, -0.1) is 0 Å². The Morgan fingerprint density at radius 1 is 0.742 bits per heavy atom. The fourth-order valence-electron chi connectivity index (χ4n) is 3.00. The molecule has 4 aromatic rings. The molecule has 0 saturated heterocycles. The molecule has 0 radical (unpaired) electrons. The highest BCUT2D eigenvalue weighted by atomic mass is 16.3. The van der Waals surface area contributed by atoms with Crippen LogP contribution in [0, 0.1) is 13.8 Å². The van der Waals surface area contributed by atoms with Crippen molar-refractivity contribution < 1.29 is 8.83 Å². The van der Waals surface area contributed by atoms with E-state index in [-0.39, 0.29) is 0 Å². The first-order chi connectivity index (χ1) is 15.1. The highest BCUT2D eigenvalue weighted by molar-refractivity contribution is 5.79. The number of aliphatic imine (C=N–C) groups is 1. The zero-order valence-electron chi connectivity index (χ0n) is 17.8. The minimum Gasteiger partial charge on any atom is -0.444 e. The lowest BCUT2D eigenvalue weighted by molar-refractivity contribution is 0.571.